The van der Waals surface area contributed by atoms with Crippen molar-refractivity contribution in [3.63, 3.8) is 0 Å². The predicted octanol–water partition coefficient (Wildman–Crippen LogP) is -0.727. The van der Waals surface area contributed by atoms with Gasteiger partial charge in [0.25, 0.3) is 0 Å². The van der Waals surface area contributed by atoms with Gasteiger partial charge in [0.1, 0.15) is 0 Å². The van der Waals surface area contributed by atoms with E-state index in [0.29, 0.717) is 13.2 Å². The largest absolute Gasteiger partial charge is 0.383 e. The van der Waals surface area contributed by atoms with Gasteiger partial charge in [-0.2, -0.15) is 0 Å². The Morgan fingerprint density at radius 2 is 2.43 bits per heavy atom. The summed E-state index contributed by atoms with van der Waals surface area (Å²) in [6.45, 7) is 1.86. The van der Waals surface area contributed by atoms with Gasteiger partial charge in [0, 0.05) is 13.7 Å². The summed E-state index contributed by atoms with van der Waals surface area (Å²) in [6.07, 6.45) is 2.54. The van der Waals surface area contributed by atoms with E-state index >= 15 is 0 Å². The van der Waals surface area contributed by atoms with Gasteiger partial charge in [-0.3, -0.25) is 0 Å². The van der Waals surface area contributed by atoms with Crippen molar-refractivity contribution in [2.45, 2.75) is 19.0 Å². The van der Waals surface area contributed by atoms with E-state index in [2.05, 4.69) is 10.3 Å². The summed E-state index contributed by atoms with van der Waals surface area (Å²) >= 11 is 0. The SMILES string of the molecule is COCC(N)c1cnnn1CCCN. The van der Waals surface area contributed by atoms with Crippen molar-refractivity contribution < 1.29 is 4.74 Å². The van der Waals surface area contributed by atoms with Gasteiger partial charge in [0.15, 0.2) is 0 Å². The smallest absolute Gasteiger partial charge is 0.0777 e. The fourth-order valence-corrected chi connectivity index (χ4v) is 1.23. The van der Waals surface area contributed by atoms with E-state index < -0.39 is 0 Å². The molecular formula is C8H17N5O. The van der Waals surface area contributed by atoms with Crippen LogP contribution in [0.1, 0.15) is 18.2 Å². The van der Waals surface area contributed by atoms with Gasteiger partial charge in [0.2, 0.25) is 0 Å². The van der Waals surface area contributed by atoms with Gasteiger partial charge in [-0.1, -0.05) is 5.21 Å². The lowest BCUT2D eigenvalue weighted by Crippen LogP contribution is -2.21. The normalized spacial score (nSPS) is 13.1. The fourth-order valence-electron chi connectivity index (χ4n) is 1.23. The Balaban J connectivity index is 2.61. The highest BCUT2D eigenvalue weighted by molar-refractivity contribution is 5.01. The molecule has 0 aliphatic heterocycles. The summed E-state index contributed by atoms with van der Waals surface area (Å²) in [6, 6.07) is -0.173. The van der Waals surface area contributed by atoms with Crippen LogP contribution in [-0.4, -0.2) is 35.3 Å². The van der Waals surface area contributed by atoms with E-state index in [0.717, 1.165) is 18.7 Å². The molecule has 0 saturated carbocycles. The number of aryl methyl sites for hydroxylation is 1. The molecule has 1 unspecified atom stereocenters. The molecule has 80 valence electrons. The van der Waals surface area contributed by atoms with E-state index in [1.165, 1.54) is 0 Å². The van der Waals surface area contributed by atoms with Crippen molar-refractivity contribution in [1.29, 1.82) is 0 Å². The number of nitrogens with zero attached hydrogens (tertiary/aromatic N) is 3. The molecule has 6 heteroatoms. The van der Waals surface area contributed by atoms with Gasteiger partial charge < -0.3 is 16.2 Å². The molecule has 0 aromatic carbocycles. The van der Waals surface area contributed by atoms with Crippen LogP contribution < -0.4 is 11.5 Å². The van der Waals surface area contributed by atoms with Crippen molar-refractivity contribution in [3.05, 3.63) is 11.9 Å². The highest BCUT2D eigenvalue weighted by atomic mass is 16.5. The van der Waals surface area contributed by atoms with Crippen LogP contribution in [0.4, 0.5) is 0 Å². The zero-order chi connectivity index (χ0) is 10.4. The highest BCUT2D eigenvalue weighted by Crippen LogP contribution is 2.08. The minimum Gasteiger partial charge on any atom is -0.383 e. The predicted molar refractivity (Wildman–Crippen MR) is 52.5 cm³/mol. The van der Waals surface area contributed by atoms with Gasteiger partial charge in [-0.25, -0.2) is 4.68 Å². The molecule has 14 heavy (non-hydrogen) atoms. The number of nitrogens with two attached hydrogens (primary N) is 2. The van der Waals surface area contributed by atoms with E-state index in [1.807, 2.05) is 0 Å². The third-order valence-electron chi connectivity index (χ3n) is 1.95. The quantitative estimate of drug-likeness (QED) is 0.630. The second-order valence-electron chi connectivity index (χ2n) is 3.09. The summed E-state index contributed by atoms with van der Waals surface area (Å²) in [7, 11) is 1.62. The number of hydrogen-bond donors (Lipinski definition) is 2. The summed E-state index contributed by atoms with van der Waals surface area (Å²) in [5.74, 6) is 0. The average molecular weight is 199 g/mol. The number of aromatic nitrogens is 3. The van der Waals surface area contributed by atoms with Gasteiger partial charge >= 0.3 is 0 Å². The van der Waals surface area contributed by atoms with E-state index in [1.54, 1.807) is 18.0 Å². The van der Waals surface area contributed by atoms with Crippen LogP contribution in [0.15, 0.2) is 6.20 Å². The maximum Gasteiger partial charge on any atom is 0.0777 e. The molecule has 0 aliphatic carbocycles. The average Bonchev–Trinajstić information content (AvgIpc) is 2.63. The fraction of sp³-hybridized carbons (Fsp3) is 0.750. The highest BCUT2D eigenvalue weighted by Gasteiger charge is 2.11. The molecule has 0 saturated heterocycles. The Kier molecular flexibility index (Phi) is 4.51. The summed E-state index contributed by atoms with van der Waals surface area (Å²) in [4.78, 5) is 0. The van der Waals surface area contributed by atoms with Crippen LogP contribution in [0.25, 0.3) is 0 Å². The summed E-state index contributed by atoms with van der Waals surface area (Å²) in [5, 5.41) is 7.75. The maximum absolute atomic E-state index is 5.87. The Morgan fingerprint density at radius 1 is 1.64 bits per heavy atom. The van der Waals surface area contributed by atoms with Crippen molar-refractivity contribution in [3.8, 4) is 0 Å². The van der Waals surface area contributed by atoms with Crippen molar-refractivity contribution in [1.82, 2.24) is 15.0 Å². The van der Waals surface area contributed by atoms with Crippen molar-refractivity contribution >= 4 is 0 Å². The minimum absolute atomic E-state index is 0.173. The summed E-state index contributed by atoms with van der Waals surface area (Å²) < 4.78 is 6.74. The molecular weight excluding hydrogens is 182 g/mol. The third-order valence-corrected chi connectivity index (χ3v) is 1.95. The lowest BCUT2D eigenvalue weighted by Gasteiger charge is -2.11. The van der Waals surface area contributed by atoms with Crippen molar-refractivity contribution in [2.24, 2.45) is 11.5 Å². The molecule has 1 rings (SSSR count). The first-order chi connectivity index (χ1) is 6.79. The Morgan fingerprint density at radius 3 is 3.07 bits per heavy atom. The molecule has 6 nitrogen and oxygen atoms in total. The molecule has 1 atom stereocenters. The van der Waals surface area contributed by atoms with Gasteiger partial charge in [-0.15, -0.1) is 5.10 Å². The first-order valence-electron chi connectivity index (χ1n) is 4.62. The van der Waals surface area contributed by atoms with Crippen LogP contribution in [0.2, 0.25) is 0 Å². The topological polar surface area (TPSA) is 92.0 Å². The lowest BCUT2D eigenvalue weighted by molar-refractivity contribution is 0.177. The zero-order valence-corrected chi connectivity index (χ0v) is 8.39. The molecule has 0 radical (unpaired) electrons. The van der Waals surface area contributed by atoms with E-state index in [4.69, 9.17) is 16.2 Å². The van der Waals surface area contributed by atoms with Crippen molar-refractivity contribution in [2.75, 3.05) is 20.3 Å². The lowest BCUT2D eigenvalue weighted by atomic mass is 10.2. The third kappa shape index (κ3) is 2.76. The molecule has 0 bridgehead atoms. The molecule has 0 aliphatic rings. The van der Waals surface area contributed by atoms with Crippen LogP contribution in [0, 0.1) is 0 Å². The van der Waals surface area contributed by atoms with Crippen LogP contribution in [0.5, 0.6) is 0 Å². The second kappa shape index (κ2) is 5.69. The molecule has 4 N–H and O–H groups in total. The Labute approximate surface area is 83.2 Å². The number of rotatable bonds is 6. The molecule has 0 fully saturated rings. The second-order valence-corrected chi connectivity index (χ2v) is 3.09. The minimum atomic E-state index is -0.173. The Hall–Kier alpha value is -0.980. The van der Waals surface area contributed by atoms with E-state index in [-0.39, 0.29) is 6.04 Å². The standard InChI is InChI=1S/C8H17N5O/c1-14-6-7(10)8-5-11-12-13(8)4-2-3-9/h5,7H,2-4,6,9-10H2,1H3. The van der Waals surface area contributed by atoms with Gasteiger partial charge in [-0.05, 0) is 13.0 Å². The van der Waals surface area contributed by atoms with Crippen LogP contribution in [-0.2, 0) is 11.3 Å². The number of ether oxygens (including phenoxy) is 1. The molecule has 1 aromatic rings. The molecule has 0 spiro atoms. The van der Waals surface area contributed by atoms with Crippen LogP contribution in [0.3, 0.4) is 0 Å². The van der Waals surface area contributed by atoms with E-state index in [9.17, 15) is 0 Å². The number of methoxy groups -OCH3 is 1. The monoisotopic (exact) mass is 199 g/mol. The van der Waals surface area contributed by atoms with Gasteiger partial charge in [0.05, 0.1) is 24.5 Å². The Bertz CT molecular complexity index is 262. The zero-order valence-electron chi connectivity index (χ0n) is 8.39. The van der Waals surface area contributed by atoms with Crippen LogP contribution >= 0.6 is 0 Å². The summed E-state index contributed by atoms with van der Waals surface area (Å²) in [5.41, 5.74) is 12.2. The molecule has 1 heterocycles. The maximum atomic E-state index is 5.87. The molecule has 1 aromatic heterocycles. The number of hydrogen-bond acceptors (Lipinski definition) is 5. The first kappa shape index (κ1) is 11.1. The first-order valence-corrected chi connectivity index (χ1v) is 4.62. The molecule has 0 amide bonds.